The molecular weight excluding hydrogens is 459 g/mol. The number of benzene rings is 2. The summed E-state index contributed by atoms with van der Waals surface area (Å²) in [4.78, 5) is 8.44. The van der Waals surface area contributed by atoms with Crippen molar-refractivity contribution in [2.45, 2.75) is 36.1 Å². The number of halogens is 3. The van der Waals surface area contributed by atoms with Gasteiger partial charge in [0, 0.05) is 22.9 Å². The molecule has 2 aromatic heterocycles. The van der Waals surface area contributed by atoms with Crippen molar-refractivity contribution in [3.63, 3.8) is 0 Å². The van der Waals surface area contributed by atoms with E-state index in [1.165, 1.54) is 23.9 Å². The first-order valence-electron chi connectivity index (χ1n) is 11.0. The van der Waals surface area contributed by atoms with Crippen LogP contribution in [0.15, 0.2) is 66.1 Å². The van der Waals surface area contributed by atoms with Crippen LogP contribution in [-0.4, -0.2) is 21.6 Å². The van der Waals surface area contributed by atoms with Gasteiger partial charge in [-0.1, -0.05) is 23.9 Å². The Morgan fingerprint density at radius 2 is 1.82 bits per heavy atom. The Morgan fingerprint density at radius 1 is 1.06 bits per heavy atom. The first-order chi connectivity index (χ1) is 16.5. The van der Waals surface area contributed by atoms with Crippen molar-refractivity contribution in [2.24, 2.45) is 0 Å². The van der Waals surface area contributed by atoms with Gasteiger partial charge in [0.05, 0.1) is 30.9 Å². The fourth-order valence-corrected chi connectivity index (χ4v) is 5.49. The number of aromatic nitrogens is 3. The van der Waals surface area contributed by atoms with Crippen LogP contribution in [0.5, 0.6) is 5.75 Å². The van der Waals surface area contributed by atoms with E-state index in [0.717, 1.165) is 60.0 Å². The number of rotatable bonds is 6. The first kappa shape index (κ1) is 22.5. The summed E-state index contributed by atoms with van der Waals surface area (Å²) in [5.41, 5.74) is 3.77. The highest BCUT2D eigenvalue weighted by atomic mass is 32.2. The summed E-state index contributed by atoms with van der Waals surface area (Å²) in [6, 6.07) is 14.2. The van der Waals surface area contributed by atoms with Crippen LogP contribution in [-0.2, 0) is 12.2 Å². The normalized spacial score (nSPS) is 15.2. The lowest BCUT2D eigenvalue weighted by Crippen LogP contribution is -2.15. The van der Waals surface area contributed by atoms with Gasteiger partial charge in [0.2, 0.25) is 0 Å². The maximum atomic E-state index is 14.2. The molecule has 34 heavy (non-hydrogen) atoms. The summed E-state index contributed by atoms with van der Waals surface area (Å²) in [6.07, 6.45) is 4.71. The Bertz CT molecular complexity index is 1300. The van der Waals surface area contributed by atoms with Crippen molar-refractivity contribution < 1.29 is 17.9 Å². The molecule has 5 rings (SSSR count). The summed E-state index contributed by atoms with van der Waals surface area (Å²) >= 11 is 1.25. The van der Waals surface area contributed by atoms with Crippen molar-refractivity contribution in [1.29, 1.82) is 0 Å². The molecule has 1 aliphatic rings. The Hall–Kier alpha value is -3.26. The first-order valence-corrected chi connectivity index (χ1v) is 12.0. The van der Waals surface area contributed by atoms with E-state index in [1.54, 1.807) is 19.2 Å². The Kier molecular flexibility index (Phi) is 6.32. The van der Waals surface area contributed by atoms with E-state index in [9.17, 15) is 13.2 Å². The number of hydrogen-bond donors (Lipinski definition) is 0. The molecule has 174 valence electrons. The van der Waals surface area contributed by atoms with Gasteiger partial charge in [0.15, 0.2) is 5.16 Å². The molecule has 0 N–H and O–H groups in total. The monoisotopic (exact) mass is 481 g/mol. The standard InChI is InChI=1S/C26H22F3N3OS/c1-33-19-5-2-4-16(12-19)20-6-3-7-24-25(20)32(18-10-8-17(27)9-11-18)26(31-24)34-15-21-22(28)13-30-14-23(21)29/h2,4-5,8-14,20H,3,6-7,15H2,1H3. The van der Waals surface area contributed by atoms with Crippen LogP contribution in [0.1, 0.15) is 41.3 Å². The van der Waals surface area contributed by atoms with Gasteiger partial charge in [-0.2, -0.15) is 0 Å². The molecule has 0 saturated carbocycles. The number of pyridine rings is 1. The minimum Gasteiger partial charge on any atom is -0.497 e. The summed E-state index contributed by atoms with van der Waals surface area (Å²) in [7, 11) is 1.64. The van der Waals surface area contributed by atoms with Crippen LogP contribution in [0.4, 0.5) is 13.2 Å². The molecule has 0 amide bonds. The molecule has 4 aromatic rings. The second-order valence-electron chi connectivity index (χ2n) is 8.13. The van der Waals surface area contributed by atoms with Gasteiger partial charge >= 0.3 is 0 Å². The number of fused-ring (bicyclic) bond motifs is 1. The van der Waals surface area contributed by atoms with E-state index in [0.29, 0.717) is 5.16 Å². The van der Waals surface area contributed by atoms with Crippen LogP contribution < -0.4 is 4.74 Å². The van der Waals surface area contributed by atoms with E-state index in [2.05, 4.69) is 11.1 Å². The van der Waals surface area contributed by atoms with E-state index in [4.69, 9.17) is 9.72 Å². The largest absolute Gasteiger partial charge is 0.497 e. The van der Waals surface area contributed by atoms with Gasteiger partial charge in [0.25, 0.3) is 0 Å². The molecular formula is C26H22F3N3OS. The molecule has 2 heterocycles. The third kappa shape index (κ3) is 4.30. The SMILES string of the molecule is COc1cccc(C2CCCc3nc(SCc4c(F)cncc4F)n(-c4ccc(F)cc4)c32)c1. The lowest BCUT2D eigenvalue weighted by molar-refractivity contribution is 0.413. The topological polar surface area (TPSA) is 39.9 Å². The molecule has 1 unspecified atom stereocenters. The number of methoxy groups -OCH3 is 1. The molecule has 1 atom stereocenters. The van der Waals surface area contributed by atoms with Crippen LogP contribution in [0.25, 0.3) is 5.69 Å². The molecule has 4 nitrogen and oxygen atoms in total. The fraction of sp³-hybridized carbons (Fsp3) is 0.231. The van der Waals surface area contributed by atoms with Crippen LogP contribution in [0.2, 0.25) is 0 Å². The van der Waals surface area contributed by atoms with Crippen LogP contribution in [0, 0.1) is 17.5 Å². The van der Waals surface area contributed by atoms with Crippen LogP contribution >= 0.6 is 11.8 Å². The zero-order valence-corrected chi connectivity index (χ0v) is 19.3. The Labute approximate surface area is 199 Å². The zero-order chi connectivity index (χ0) is 23.7. The molecule has 0 bridgehead atoms. The van der Waals surface area contributed by atoms with Crippen LogP contribution in [0.3, 0.4) is 0 Å². The highest BCUT2D eigenvalue weighted by Crippen LogP contribution is 2.41. The van der Waals surface area contributed by atoms with E-state index in [1.807, 2.05) is 22.8 Å². The number of hydrogen-bond acceptors (Lipinski definition) is 4. The highest BCUT2D eigenvalue weighted by molar-refractivity contribution is 7.98. The molecule has 0 spiro atoms. The van der Waals surface area contributed by atoms with E-state index in [-0.39, 0.29) is 23.1 Å². The number of aryl methyl sites for hydroxylation is 1. The number of ether oxygens (including phenoxy) is 1. The lowest BCUT2D eigenvalue weighted by Gasteiger charge is -2.25. The molecule has 1 aliphatic carbocycles. The second kappa shape index (κ2) is 9.54. The molecule has 0 aliphatic heterocycles. The summed E-state index contributed by atoms with van der Waals surface area (Å²) in [5, 5.41) is 0.613. The fourth-order valence-electron chi connectivity index (χ4n) is 4.44. The van der Waals surface area contributed by atoms with Gasteiger partial charge in [-0.25, -0.2) is 18.2 Å². The second-order valence-corrected chi connectivity index (χ2v) is 9.07. The minimum atomic E-state index is -0.689. The third-order valence-corrected chi connectivity index (χ3v) is 7.04. The maximum Gasteiger partial charge on any atom is 0.173 e. The van der Waals surface area contributed by atoms with Crippen molar-refractivity contribution in [1.82, 2.24) is 14.5 Å². The average Bonchev–Trinajstić information content (AvgIpc) is 3.23. The average molecular weight is 482 g/mol. The van der Waals surface area contributed by atoms with E-state index >= 15 is 0 Å². The maximum absolute atomic E-state index is 14.2. The van der Waals surface area contributed by atoms with E-state index < -0.39 is 11.6 Å². The van der Waals surface area contributed by atoms with Crippen molar-refractivity contribution in [2.75, 3.05) is 7.11 Å². The van der Waals surface area contributed by atoms with Gasteiger partial charge in [0.1, 0.15) is 23.2 Å². The number of nitrogens with zero attached hydrogens (tertiary/aromatic N) is 3. The van der Waals surface area contributed by atoms with Crippen molar-refractivity contribution in [3.05, 3.63) is 101 Å². The molecule has 0 fully saturated rings. The van der Waals surface area contributed by atoms with Gasteiger partial charge in [-0.15, -0.1) is 0 Å². The molecule has 8 heteroatoms. The molecule has 0 saturated heterocycles. The van der Waals surface area contributed by atoms with Crippen molar-refractivity contribution in [3.8, 4) is 11.4 Å². The summed E-state index contributed by atoms with van der Waals surface area (Å²) in [6.45, 7) is 0. The van der Waals surface area contributed by atoms with Gasteiger partial charge in [-0.3, -0.25) is 9.55 Å². The number of imidazole rings is 1. The summed E-state index contributed by atoms with van der Waals surface area (Å²) in [5.74, 6) is -0.827. The zero-order valence-electron chi connectivity index (χ0n) is 18.5. The lowest BCUT2D eigenvalue weighted by atomic mass is 9.84. The molecule has 2 aromatic carbocycles. The quantitative estimate of drug-likeness (QED) is 0.297. The predicted molar refractivity (Wildman–Crippen MR) is 125 cm³/mol. The number of thioether (sulfide) groups is 1. The Morgan fingerprint density at radius 3 is 2.56 bits per heavy atom. The van der Waals surface area contributed by atoms with Crippen molar-refractivity contribution >= 4 is 11.8 Å². The smallest absolute Gasteiger partial charge is 0.173 e. The summed E-state index contributed by atoms with van der Waals surface area (Å²) < 4.78 is 49.6. The minimum absolute atomic E-state index is 0.0454. The third-order valence-electron chi connectivity index (χ3n) is 6.07. The van der Waals surface area contributed by atoms with Gasteiger partial charge < -0.3 is 4.74 Å². The highest BCUT2D eigenvalue weighted by Gasteiger charge is 2.30. The van der Waals surface area contributed by atoms with Gasteiger partial charge in [-0.05, 0) is 61.2 Å². The molecule has 0 radical (unpaired) electrons. The predicted octanol–water partition coefficient (Wildman–Crippen LogP) is 6.45. The Balaban J connectivity index is 1.61.